The fourth-order valence-corrected chi connectivity index (χ4v) is 2.83. The average molecular weight is 274 g/mol. The van der Waals surface area contributed by atoms with Crippen LogP contribution in [0.2, 0.25) is 0 Å². The van der Waals surface area contributed by atoms with Gasteiger partial charge in [-0.1, -0.05) is 13.3 Å². The molecule has 3 rings (SSSR count). The number of rotatable bonds is 7. The van der Waals surface area contributed by atoms with Crippen molar-refractivity contribution in [2.24, 2.45) is 5.92 Å². The van der Waals surface area contributed by atoms with E-state index in [-0.39, 0.29) is 0 Å². The van der Waals surface area contributed by atoms with Gasteiger partial charge in [-0.2, -0.15) is 0 Å². The molecule has 1 heterocycles. The minimum absolute atomic E-state index is 0.596. The molecule has 2 atom stereocenters. The monoisotopic (exact) mass is 274 g/mol. The van der Waals surface area contributed by atoms with Crippen LogP contribution in [-0.2, 0) is 0 Å². The van der Waals surface area contributed by atoms with E-state index < -0.39 is 0 Å². The highest BCUT2D eigenvalue weighted by atomic mass is 15.1. The van der Waals surface area contributed by atoms with Crippen LogP contribution in [0, 0.1) is 12.8 Å². The third-order valence-electron chi connectivity index (χ3n) is 4.35. The molecule has 2 N–H and O–H groups in total. The molecule has 4 heteroatoms. The zero-order valence-electron chi connectivity index (χ0n) is 12.9. The Labute approximate surface area is 121 Å². The summed E-state index contributed by atoms with van der Waals surface area (Å²) in [6, 6.07) is 0.630. The van der Waals surface area contributed by atoms with Gasteiger partial charge in [-0.15, -0.1) is 0 Å². The second-order valence-corrected chi connectivity index (χ2v) is 6.24. The van der Waals surface area contributed by atoms with Gasteiger partial charge in [-0.3, -0.25) is 0 Å². The predicted molar refractivity (Wildman–Crippen MR) is 83.3 cm³/mol. The van der Waals surface area contributed by atoms with Crippen molar-refractivity contribution in [2.45, 2.75) is 64.8 Å². The van der Waals surface area contributed by atoms with Crippen LogP contribution in [0.1, 0.15) is 63.3 Å². The van der Waals surface area contributed by atoms with Crippen LogP contribution in [-0.4, -0.2) is 22.6 Å². The standard InChI is InChI=1S/C16H26N4/c1-4-6-12-9-13(12)18-15-10(3)14(17-5-2)19-16(20-15)11-7-8-11/h11-13H,4-9H2,1-3H3,(H2,17,18,19,20). The van der Waals surface area contributed by atoms with Crippen molar-refractivity contribution in [3.8, 4) is 0 Å². The number of nitrogens with one attached hydrogen (secondary N) is 2. The fraction of sp³-hybridized carbons (Fsp3) is 0.750. The van der Waals surface area contributed by atoms with Crippen molar-refractivity contribution in [1.29, 1.82) is 0 Å². The van der Waals surface area contributed by atoms with Crippen LogP contribution in [0.4, 0.5) is 11.6 Å². The fourth-order valence-electron chi connectivity index (χ4n) is 2.83. The number of hydrogen-bond acceptors (Lipinski definition) is 4. The van der Waals surface area contributed by atoms with Crippen LogP contribution < -0.4 is 10.6 Å². The lowest BCUT2D eigenvalue weighted by molar-refractivity contribution is 0.691. The predicted octanol–water partition coefficient (Wildman–Crippen LogP) is 3.69. The number of anilines is 2. The molecule has 2 aliphatic carbocycles. The highest BCUT2D eigenvalue weighted by molar-refractivity contribution is 5.58. The van der Waals surface area contributed by atoms with Gasteiger partial charge in [-0.25, -0.2) is 9.97 Å². The maximum atomic E-state index is 4.79. The summed E-state index contributed by atoms with van der Waals surface area (Å²) in [5, 5.41) is 7.03. The topological polar surface area (TPSA) is 49.8 Å². The van der Waals surface area contributed by atoms with Crippen LogP contribution in [0.15, 0.2) is 0 Å². The summed E-state index contributed by atoms with van der Waals surface area (Å²) in [5.41, 5.74) is 1.17. The van der Waals surface area contributed by atoms with Gasteiger partial charge in [0.05, 0.1) is 0 Å². The van der Waals surface area contributed by atoms with Crippen LogP contribution in [0.25, 0.3) is 0 Å². The molecule has 2 saturated carbocycles. The second-order valence-electron chi connectivity index (χ2n) is 6.24. The van der Waals surface area contributed by atoms with Gasteiger partial charge in [0, 0.05) is 24.1 Å². The van der Waals surface area contributed by atoms with Gasteiger partial charge in [0.2, 0.25) is 0 Å². The van der Waals surface area contributed by atoms with Crippen molar-refractivity contribution < 1.29 is 0 Å². The molecule has 20 heavy (non-hydrogen) atoms. The Morgan fingerprint density at radius 3 is 2.55 bits per heavy atom. The van der Waals surface area contributed by atoms with Gasteiger partial charge in [0.15, 0.2) is 0 Å². The third kappa shape index (κ3) is 2.89. The first-order valence-corrected chi connectivity index (χ1v) is 8.11. The molecule has 110 valence electrons. The minimum Gasteiger partial charge on any atom is -0.370 e. The summed E-state index contributed by atoms with van der Waals surface area (Å²) in [6.07, 6.45) is 6.40. The highest BCUT2D eigenvalue weighted by Gasteiger charge is 2.37. The molecule has 4 nitrogen and oxygen atoms in total. The van der Waals surface area contributed by atoms with E-state index >= 15 is 0 Å². The molecule has 0 bridgehead atoms. The Kier molecular flexibility index (Phi) is 3.81. The first kappa shape index (κ1) is 13.7. The normalized spacial score (nSPS) is 24.6. The second kappa shape index (κ2) is 5.58. The first-order valence-electron chi connectivity index (χ1n) is 8.11. The largest absolute Gasteiger partial charge is 0.370 e. The van der Waals surface area contributed by atoms with Crippen molar-refractivity contribution in [2.75, 3.05) is 17.2 Å². The first-order chi connectivity index (χ1) is 9.72. The number of hydrogen-bond donors (Lipinski definition) is 2. The SMILES string of the molecule is CCCC1CC1Nc1nc(C2CC2)nc(NCC)c1C. The van der Waals surface area contributed by atoms with Crippen molar-refractivity contribution in [3.63, 3.8) is 0 Å². The van der Waals surface area contributed by atoms with Gasteiger partial charge < -0.3 is 10.6 Å². The Hall–Kier alpha value is -1.32. The lowest BCUT2D eigenvalue weighted by Gasteiger charge is -2.14. The van der Waals surface area contributed by atoms with E-state index in [9.17, 15) is 0 Å². The molecule has 2 aliphatic rings. The molecule has 0 amide bonds. The van der Waals surface area contributed by atoms with Crippen molar-refractivity contribution >= 4 is 11.6 Å². The van der Waals surface area contributed by atoms with Gasteiger partial charge in [-0.05, 0) is 45.4 Å². The molecule has 0 spiro atoms. The third-order valence-corrected chi connectivity index (χ3v) is 4.35. The van der Waals surface area contributed by atoms with Crippen LogP contribution in [0.5, 0.6) is 0 Å². The molecule has 0 saturated heterocycles. The number of nitrogens with zero attached hydrogens (tertiary/aromatic N) is 2. The van der Waals surface area contributed by atoms with Crippen LogP contribution in [0.3, 0.4) is 0 Å². The lowest BCUT2D eigenvalue weighted by Crippen LogP contribution is -2.13. The van der Waals surface area contributed by atoms with E-state index in [0.29, 0.717) is 12.0 Å². The molecular weight excluding hydrogens is 248 g/mol. The van der Waals surface area contributed by atoms with E-state index in [0.717, 1.165) is 29.9 Å². The molecule has 1 aromatic rings. The minimum atomic E-state index is 0.596. The Morgan fingerprint density at radius 2 is 1.90 bits per heavy atom. The van der Waals surface area contributed by atoms with E-state index in [1.165, 1.54) is 37.7 Å². The molecule has 1 aromatic heterocycles. The summed E-state index contributed by atoms with van der Waals surface area (Å²) in [4.78, 5) is 9.50. The maximum absolute atomic E-state index is 4.79. The number of aromatic nitrogens is 2. The molecule has 2 unspecified atom stereocenters. The average Bonchev–Trinajstić information content (AvgIpc) is 3.30. The van der Waals surface area contributed by atoms with Gasteiger partial charge in [0.25, 0.3) is 0 Å². The molecule has 0 radical (unpaired) electrons. The molecule has 0 aromatic carbocycles. The molecule has 2 fully saturated rings. The van der Waals surface area contributed by atoms with Crippen LogP contribution >= 0.6 is 0 Å². The highest BCUT2D eigenvalue weighted by Crippen LogP contribution is 2.41. The zero-order valence-corrected chi connectivity index (χ0v) is 12.9. The Balaban J connectivity index is 1.77. The zero-order chi connectivity index (χ0) is 14.1. The van der Waals surface area contributed by atoms with E-state index in [2.05, 4.69) is 31.4 Å². The van der Waals surface area contributed by atoms with Gasteiger partial charge >= 0.3 is 0 Å². The summed E-state index contributed by atoms with van der Waals surface area (Å²) in [7, 11) is 0. The summed E-state index contributed by atoms with van der Waals surface area (Å²) in [5.74, 6) is 4.54. The van der Waals surface area contributed by atoms with Crippen molar-refractivity contribution in [1.82, 2.24) is 9.97 Å². The van der Waals surface area contributed by atoms with Gasteiger partial charge in [0.1, 0.15) is 17.5 Å². The summed E-state index contributed by atoms with van der Waals surface area (Å²) >= 11 is 0. The molecule has 0 aliphatic heterocycles. The smallest absolute Gasteiger partial charge is 0.136 e. The Bertz CT molecular complexity index is 482. The lowest BCUT2D eigenvalue weighted by atomic mass is 10.2. The van der Waals surface area contributed by atoms with E-state index in [1.807, 2.05) is 0 Å². The van der Waals surface area contributed by atoms with E-state index in [1.54, 1.807) is 0 Å². The summed E-state index contributed by atoms with van der Waals surface area (Å²) < 4.78 is 0. The summed E-state index contributed by atoms with van der Waals surface area (Å²) in [6.45, 7) is 7.40. The van der Waals surface area contributed by atoms with E-state index in [4.69, 9.17) is 9.97 Å². The van der Waals surface area contributed by atoms with Crippen molar-refractivity contribution in [3.05, 3.63) is 11.4 Å². The Morgan fingerprint density at radius 1 is 1.15 bits per heavy atom. The quantitative estimate of drug-likeness (QED) is 0.796. The molecular formula is C16H26N4. The maximum Gasteiger partial charge on any atom is 0.136 e.